The monoisotopic (exact) mass is 744 g/mol. The predicted molar refractivity (Wildman–Crippen MR) is 240 cm³/mol. The average molecular weight is 745 g/mol. The maximum atomic E-state index is 6.80. The number of aromatic nitrogens is 1. The van der Waals surface area contributed by atoms with Crippen molar-refractivity contribution in [2.45, 2.75) is 26.2 Å². The third-order valence-corrected chi connectivity index (χ3v) is 13.1. The lowest BCUT2D eigenvalue weighted by Crippen LogP contribution is -2.60. The lowest BCUT2D eigenvalue weighted by Gasteiger charge is -2.42. The highest BCUT2D eigenvalue weighted by atomic mass is 16.3. The van der Waals surface area contributed by atoms with Crippen LogP contribution in [0.2, 0.25) is 0 Å². The highest BCUT2D eigenvalue weighted by molar-refractivity contribution is 6.94. The van der Waals surface area contributed by atoms with Crippen LogP contribution in [-0.2, 0) is 5.41 Å². The second-order valence-electron chi connectivity index (χ2n) is 17.2. The van der Waals surface area contributed by atoms with Crippen molar-refractivity contribution in [3.8, 4) is 16.8 Å². The van der Waals surface area contributed by atoms with Gasteiger partial charge in [-0.15, -0.1) is 0 Å². The highest BCUT2D eigenvalue weighted by Gasteiger charge is 2.45. The fourth-order valence-electron chi connectivity index (χ4n) is 10.5. The summed E-state index contributed by atoms with van der Waals surface area (Å²) in [4.78, 5) is 2.58. The fraction of sp³-hybridized carbons (Fsp3) is 0.0769. The molecule has 0 atom stereocenters. The van der Waals surface area contributed by atoms with E-state index in [9.17, 15) is 0 Å². The van der Waals surface area contributed by atoms with Crippen molar-refractivity contribution >= 4 is 117 Å². The largest absolute Gasteiger partial charge is 0.456 e. The Bertz CT molecular complexity index is 3800. The molecule has 0 spiro atoms. The van der Waals surface area contributed by atoms with Crippen LogP contribution in [0.1, 0.15) is 26.3 Å². The number of benzene rings is 8. The van der Waals surface area contributed by atoms with Gasteiger partial charge in [-0.05, 0) is 94.2 Å². The normalized spacial score (nSPS) is 13.7. The first-order valence-electron chi connectivity index (χ1n) is 20.1. The van der Waals surface area contributed by atoms with Crippen molar-refractivity contribution in [2.75, 3.05) is 4.81 Å². The minimum absolute atomic E-state index is 0.0201. The Balaban J connectivity index is 1.18. The van der Waals surface area contributed by atoms with Gasteiger partial charge in [0.15, 0.2) is 0 Å². The molecule has 5 nitrogen and oxygen atoms in total. The van der Waals surface area contributed by atoms with Gasteiger partial charge in [0.05, 0.1) is 16.4 Å². The zero-order valence-electron chi connectivity index (χ0n) is 32.1. The van der Waals surface area contributed by atoms with Crippen LogP contribution in [0.15, 0.2) is 159 Å². The Morgan fingerprint density at radius 1 is 0.483 bits per heavy atom. The van der Waals surface area contributed by atoms with E-state index in [4.69, 9.17) is 13.3 Å². The van der Waals surface area contributed by atoms with Gasteiger partial charge < -0.3 is 22.6 Å². The minimum atomic E-state index is -0.169. The van der Waals surface area contributed by atoms with E-state index < -0.39 is 0 Å². The molecule has 0 fully saturated rings. The Labute approximate surface area is 332 Å². The molecule has 2 aliphatic rings. The van der Waals surface area contributed by atoms with Crippen LogP contribution in [0.3, 0.4) is 0 Å². The number of hydrogen-bond donors (Lipinski definition) is 0. The lowest BCUT2D eigenvalue weighted by molar-refractivity contribution is 0.590. The molecule has 0 amide bonds. The van der Waals surface area contributed by atoms with E-state index in [0.29, 0.717) is 0 Å². The molecule has 58 heavy (non-hydrogen) atoms. The van der Waals surface area contributed by atoms with Gasteiger partial charge in [0, 0.05) is 60.3 Å². The molecule has 14 rings (SSSR count). The molecule has 6 heterocycles. The molecule has 0 unspecified atom stereocenters. The van der Waals surface area contributed by atoms with E-state index in [0.717, 1.165) is 99.3 Å². The maximum absolute atomic E-state index is 6.80. The lowest BCUT2D eigenvalue weighted by atomic mass is 9.44. The summed E-state index contributed by atoms with van der Waals surface area (Å²) in [5, 5.41) is 9.03. The molecule has 6 heteroatoms. The zero-order valence-corrected chi connectivity index (χ0v) is 32.1. The van der Waals surface area contributed by atoms with Crippen LogP contribution < -0.4 is 15.7 Å². The Hall–Kier alpha value is -7.18. The van der Waals surface area contributed by atoms with E-state index >= 15 is 0 Å². The fourth-order valence-corrected chi connectivity index (χ4v) is 10.5. The van der Waals surface area contributed by atoms with Crippen molar-refractivity contribution in [1.82, 2.24) is 4.57 Å². The molecule has 4 aromatic heterocycles. The van der Waals surface area contributed by atoms with Crippen LogP contribution >= 0.6 is 0 Å². The summed E-state index contributed by atoms with van der Waals surface area (Å²) in [6.45, 7) is 6.66. The first kappa shape index (κ1) is 31.0. The van der Waals surface area contributed by atoms with E-state index in [1.807, 2.05) is 6.07 Å². The van der Waals surface area contributed by atoms with E-state index in [-0.39, 0.29) is 12.3 Å². The molecular formula is C52H33BN2O3. The first-order chi connectivity index (χ1) is 28.4. The highest BCUT2D eigenvalue weighted by Crippen LogP contribution is 2.49. The zero-order chi connectivity index (χ0) is 38.2. The van der Waals surface area contributed by atoms with Gasteiger partial charge in [0.25, 0.3) is 0 Å². The van der Waals surface area contributed by atoms with Crippen molar-refractivity contribution in [3.05, 3.63) is 151 Å². The molecule has 0 aliphatic carbocycles. The van der Waals surface area contributed by atoms with Crippen LogP contribution in [0.25, 0.3) is 104 Å². The van der Waals surface area contributed by atoms with Crippen LogP contribution in [0.4, 0.5) is 11.4 Å². The van der Waals surface area contributed by atoms with Crippen LogP contribution in [-0.4, -0.2) is 11.4 Å². The summed E-state index contributed by atoms with van der Waals surface area (Å²) in [5.41, 5.74) is 17.3. The van der Waals surface area contributed by atoms with Gasteiger partial charge >= 0.3 is 6.85 Å². The van der Waals surface area contributed by atoms with Gasteiger partial charge in [-0.1, -0.05) is 99.6 Å². The molecule has 0 bridgehead atoms. The average Bonchev–Trinajstić information content (AvgIpc) is 4.00. The number of nitrogens with zero attached hydrogens (tertiary/aromatic N) is 2. The summed E-state index contributed by atoms with van der Waals surface area (Å²) >= 11 is 0. The molecule has 0 saturated carbocycles. The number of rotatable bonds is 1. The first-order valence-corrected chi connectivity index (χ1v) is 20.1. The molecule has 0 radical (unpaired) electrons. The SMILES string of the molecule is CC(C)(C)c1ccc(N2B3c4cc5oc6ccccc6c5cc4-n4c5ccc6c7ccccc7oc6c5c5ccc(c3c54)-c3cc4oc5ccccc5c4cc32)cc1. The van der Waals surface area contributed by atoms with Crippen molar-refractivity contribution in [3.63, 3.8) is 0 Å². The third kappa shape index (κ3) is 3.78. The number of anilines is 2. The van der Waals surface area contributed by atoms with Crippen molar-refractivity contribution in [2.24, 2.45) is 0 Å². The van der Waals surface area contributed by atoms with Gasteiger partial charge in [0.2, 0.25) is 0 Å². The molecule has 0 saturated heterocycles. The van der Waals surface area contributed by atoms with E-state index in [1.54, 1.807) is 0 Å². The number of hydrogen-bond acceptors (Lipinski definition) is 4. The van der Waals surface area contributed by atoms with E-state index in [1.165, 1.54) is 33.0 Å². The standard InChI is InChI=1S/C52H33BN2O3/c1-52(2,3)28-16-18-29(19-17-28)55-41-24-37-31-11-5-7-13-43(31)56-46(37)26-36(41)33-20-21-35-48-40(23-22-34-30-10-4-9-15-45(30)58-51(34)48)54-42-25-38-32-12-6-8-14-44(32)57-47(38)27-39(42)53(55)49(33)50(35)54/h4-27H,1-3H3. The maximum Gasteiger partial charge on any atom is 0.333 e. The van der Waals surface area contributed by atoms with Gasteiger partial charge in [-0.3, -0.25) is 0 Å². The summed E-state index contributed by atoms with van der Waals surface area (Å²) < 4.78 is 22.6. The number of para-hydroxylation sites is 3. The van der Waals surface area contributed by atoms with Crippen LogP contribution in [0, 0.1) is 0 Å². The minimum Gasteiger partial charge on any atom is -0.456 e. The van der Waals surface area contributed by atoms with Crippen LogP contribution in [0.5, 0.6) is 0 Å². The topological polar surface area (TPSA) is 47.6 Å². The van der Waals surface area contributed by atoms with Crippen molar-refractivity contribution < 1.29 is 13.3 Å². The third-order valence-electron chi connectivity index (χ3n) is 13.1. The molecule has 2 aliphatic heterocycles. The summed E-state index contributed by atoms with van der Waals surface area (Å²) in [5.74, 6) is 0. The second kappa shape index (κ2) is 10.4. The quantitative estimate of drug-likeness (QED) is 0.157. The molecular weight excluding hydrogens is 711 g/mol. The Kier molecular flexibility index (Phi) is 5.56. The molecule has 12 aromatic rings. The number of furan rings is 3. The number of fused-ring (bicyclic) bond motifs is 18. The van der Waals surface area contributed by atoms with Gasteiger partial charge in [-0.2, -0.15) is 0 Å². The second-order valence-corrected chi connectivity index (χ2v) is 17.2. The van der Waals surface area contributed by atoms with Crippen molar-refractivity contribution in [1.29, 1.82) is 0 Å². The molecule has 0 N–H and O–H groups in total. The molecule has 8 aromatic carbocycles. The molecule has 272 valence electrons. The Morgan fingerprint density at radius 2 is 1.09 bits per heavy atom. The predicted octanol–water partition coefficient (Wildman–Crippen LogP) is 13.0. The summed E-state index contributed by atoms with van der Waals surface area (Å²) in [6.07, 6.45) is 0. The van der Waals surface area contributed by atoms with Gasteiger partial charge in [-0.25, -0.2) is 0 Å². The Morgan fingerprint density at radius 3 is 1.78 bits per heavy atom. The van der Waals surface area contributed by atoms with E-state index in [2.05, 4.69) is 170 Å². The summed E-state index contributed by atoms with van der Waals surface area (Å²) in [6, 6.07) is 52.9. The summed E-state index contributed by atoms with van der Waals surface area (Å²) in [7, 11) is 0. The van der Waals surface area contributed by atoms with Gasteiger partial charge in [0.1, 0.15) is 33.5 Å². The smallest absolute Gasteiger partial charge is 0.333 e.